The van der Waals surface area contributed by atoms with E-state index in [0.717, 1.165) is 0 Å². The van der Waals surface area contributed by atoms with Crippen LogP contribution in [0.5, 0.6) is 0 Å². The summed E-state index contributed by atoms with van der Waals surface area (Å²) < 4.78 is 20.5. The average Bonchev–Trinajstić information content (AvgIpc) is 2.48. The fraction of sp³-hybridized carbons (Fsp3) is 0.900. The smallest absolute Gasteiger partial charge is 0.427 e. The highest BCUT2D eigenvalue weighted by Gasteiger charge is 2.60. The van der Waals surface area contributed by atoms with E-state index in [2.05, 4.69) is 0 Å². The molecular formula is C10H16O6. The van der Waals surface area contributed by atoms with Crippen LogP contribution in [0.4, 0.5) is 4.79 Å². The first-order valence-corrected chi connectivity index (χ1v) is 5.25. The van der Waals surface area contributed by atoms with Crippen LogP contribution in [0, 0.1) is 0 Å². The second-order valence-corrected chi connectivity index (χ2v) is 4.27. The molecule has 16 heavy (non-hydrogen) atoms. The van der Waals surface area contributed by atoms with Gasteiger partial charge in [0.25, 0.3) is 0 Å². The Hall–Kier alpha value is -0.850. The van der Waals surface area contributed by atoms with Gasteiger partial charge in [0.1, 0.15) is 12.2 Å². The number of ether oxygens (including phenoxy) is 4. The normalized spacial score (nSPS) is 47.9. The Morgan fingerprint density at radius 3 is 2.69 bits per heavy atom. The highest BCUT2D eigenvalue weighted by molar-refractivity contribution is 5.63. The number of cyclic esters (lactones) is 1. The van der Waals surface area contributed by atoms with Crippen LogP contribution in [-0.4, -0.2) is 48.6 Å². The van der Waals surface area contributed by atoms with Gasteiger partial charge in [0.15, 0.2) is 11.9 Å². The van der Waals surface area contributed by atoms with Gasteiger partial charge in [-0.25, -0.2) is 4.79 Å². The Labute approximate surface area is 93.4 Å². The number of aliphatic hydroxyl groups is 1. The minimum atomic E-state index is -1.06. The zero-order valence-electron chi connectivity index (χ0n) is 9.50. The summed E-state index contributed by atoms with van der Waals surface area (Å²) in [6.07, 6.45) is -2.91. The zero-order chi connectivity index (χ0) is 11.9. The molecule has 0 saturated carbocycles. The van der Waals surface area contributed by atoms with Crippen LogP contribution in [0.3, 0.4) is 0 Å². The first-order chi connectivity index (χ1) is 7.49. The van der Waals surface area contributed by atoms with E-state index in [1.54, 1.807) is 6.92 Å². The molecule has 2 aliphatic heterocycles. The molecule has 2 aliphatic rings. The molecule has 0 aromatic heterocycles. The van der Waals surface area contributed by atoms with Gasteiger partial charge in [0.2, 0.25) is 0 Å². The van der Waals surface area contributed by atoms with Gasteiger partial charge in [-0.3, -0.25) is 0 Å². The summed E-state index contributed by atoms with van der Waals surface area (Å²) in [5.41, 5.74) is -1.06. The molecule has 1 spiro atoms. The minimum Gasteiger partial charge on any atom is -0.427 e. The SMILES string of the molecule is COC1OC(C)CC2(OC(=O)OC2C)C1O. The molecule has 2 fully saturated rings. The molecule has 6 heteroatoms. The van der Waals surface area contributed by atoms with Gasteiger partial charge in [-0.05, 0) is 13.8 Å². The third kappa shape index (κ3) is 1.57. The van der Waals surface area contributed by atoms with Crippen molar-refractivity contribution < 1.29 is 28.8 Å². The van der Waals surface area contributed by atoms with E-state index >= 15 is 0 Å². The molecule has 0 amide bonds. The van der Waals surface area contributed by atoms with Crippen molar-refractivity contribution >= 4 is 6.16 Å². The van der Waals surface area contributed by atoms with Gasteiger partial charge >= 0.3 is 6.16 Å². The topological polar surface area (TPSA) is 74.2 Å². The summed E-state index contributed by atoms with van der Waals surface area (Å²) in [6.45, 7) is 3.53. The van der Waals surface area contributed by atoms with E-state index in [0.29, 0.717) is 6.42 Å². The Kier molecular flexibility index (Phi) is 2.81. The summed E-state index contributed by atoms with van der Waals surface area (Å²) in [6, 6.07) is 0. The molecule has 1 N–H and O–H groups in total. The number of aliphatic hydroxyl groups excluding tert-OH is 1. The number of carbonyl (C=O) groups excluding carboxylic acids is 1. The van der Waals surface area contributed by atoms with Crippen molar-refractivity contribution in [3.63, 3.8) is 0 Å². The Morgan fingerprint density at radius 2 is 2.19 bits per heavy atom. The monoisotopic (exact) mass is 232 g/mol. The maximum absolute atomic E-state index is 11.1. The van der Waals surface area contributed by atoms with Gasteiger partial charge < -0.3 is 24.1 Å². The number of carbonyl (C=O) groups is 1. The standard InChI is InChI=1S/C10H16O6/c1-5-4-10(6(2)15-9(12)16-10)7(11)8(13-3)14-5/h5-8,11H,4H2,1-3H3. The van der Waals surface area contributed by atoms with E-state index in [9.17, 15) is 9.90 Å². The van der Waals surface area contributed by atoms with E-state index in [1.807, 2.05) is 6.92 Å². The van der Waals surface area contributed by atoms with Crippen molar-refractivity contribution in [2.45, 2.75) is 50.5 Å². The van der Waals surface area contributed by atoms with Gasteiger partial charge in [-0.2, -0.15) is 0 Å². The number of methoxy groups -OCH3 is 1. The lowest BCUT2D eigenvalue weighted by Gasteiger charge is -2.43. The van der Waals surface area contributed by atoms with Gasteiger partial charge in [-0.1, -0.05) is 0 Å². The molecule has 2 heterocycles. The largest absolute Gasteiger partial charge is 0.509 e. The van der Waals surface area contributed by atoms with Crippen LogP contribution in [0.2, 0.25) is 0 Å². The zero-order valence-corrected chi connectivity index (χ0v) is 9.50. The molecule has 6 nitrogen and oxygen atoms in total. The molecule has 5 unspecified atom stereocenters. The maximum Gasteiger partial charge on any atom is 0.509 e. The van der Waals surface area contributed by atoms with E-state index in [-0.39, 0.29) is 6.10 Å². The van der Waals surface area contributed by atoms with Crippen molar-refractivity contribution in [1.82, 2.24) is 0 Å². The first kappa shape index (κ1) is 11.6. The van der Waals surface area contributed by atoms with Gasteiger partial charge in [-0.15, -0.1) is 0 Å². The lowest BCUT2D eigenvalue weighted by Crippen LogP contribution is -2.61. The van der Waals surface area contributed by atoms with Gasteiger partial charge in [0.05, 0.1) is 6.10 Å². The highest BCUT2D eigenvalue weighted by atomic mass is 16.8. The fourth-order valence-electron chi connectivity index (χ4n) is 2.35. The van der Waals surface area contributed by atoms with Crippen LogP contribution in [-0.2, 0) is 18.9 Å². The number of hydrogen-bond donors (Lipinski definition) is 1. The quantitative estimate of drug-likeness (QED) is 0.660. The Morgan fingerprint density at radius 1 is 1.50 bits per heavy atom. The molecule has 0 aromatic rings. The van der Waals surface area contributed by atoms with E-state index < -0.39 is 30.3 Å². The van der Waals surface area contributed by atoms with Crippen molar-refractivity contribution in [3.8, 4) is 0 Å². The number of rotatable bonds is 1. The van der Waals surface area contributed by atoms with Crippen molar-refractivity contribution in [2.75, 3.05) is 7.11 Å². The first-order valence-electron chi connectivity index (χ1n) is 5.25. The van der Waals surface area contributed by atoms with Crippen molar-refractivity contribution in [2.24, 2.45) is 0 Å². The predicted molar refractivity (Wildman–Crippen MR) is 51.7 cm³/mol. The lowest BCUT2D eigenvalue weighted by atomic mass is 9.83. The van der Waals surface area contributed by atoms with Crippen LogP contribution < -0.4 is 0 Å². The Balaban J connectivity index is 2.27. The molecule has 2 saturated heterocycles. The third-order valence-electron chi connectivity index (χ3n) is 3.20. The van der Waals surface area contributed by atoms with Crippen LogP contribution >= 0.6 is 0 Å². The van der Waals surface area contributed by atoms with Crippen LogP contribution in [0.1, 0.15) is 20.3 Å². The van der Waals surface area contributed by atoms with Crippen LogP contribution in [0.15, 0.2) is 0 Å². The average molecular weight is 232 g/mol. The lowest BCUT2D eigenvalue weighted by molar-refractivity contribution is -0.283. The third-order valence-corrected chi connectivity index (χ3v) is 3.20. The molecule has 0 aromatic carbocycles. The summed E-state index contributed by atoms with van der Waals surface area (Å²) in [7, 11) is 1.43. The van der Waals surface area contributed by atoms with Crippen LogP contribution in [0.25, 0.3) is 0 Å². The molecule has 0 aliphatic carbocycles. The van der Waals surface area contributed by atoms with E-state index in [1.165, 1.54) is 7.11 Å². The molecule has 2 rings (SSSR count). The van der Waals surface area contributed by atoms with Gasteiger partial charge in [0, 0.05) is 13.5 Å². The minimum absolute atomic E-state index is 0.176. The Bertz CT molecular complexity index is 293. The summed E-state index contributed by atoms with van der Waals surface area (Å²) in [5, 5.41) is 10.1. The molecule has 92 valence electrons. The predicted octanol–water partition coefficient (Wildman–Crippen LogP) is 0.423. The summed E-state index contributed by atoms with van der Waals surface area (Å²) in [5.74, 6) is 0. The highest BCUT2D eigenvalue weighted by Crippen LogP contribution is 2.40. The summed E-state index contributed by atoms with van der Waals surface area (Å²) in [4.78, 5) is 11.1. The molecular weight excluding hydrogens is 216 g/mol. The number of hydrogen-bond acceptors (Lipinski definition) is 6. The van der Waals surface area contributed by atoms with Crippen molar-refractivity contribution in [3.05, 3.63) is 0 Å². The molecule has 0 bridgehead atoms. The molecule has 0 radical (unpaired) electrons. The maximum atomic E-state index is 11.1. The summed E-state index contributed by atoms with van der Waals surface area (Å²) >= 11 is 0. The fourth-order valence-corrected chi connectivity index (χ4v) is 2.35. The van der Waals surface area contributed by atoms with E-state index in [4.69, 9.17) is 18.9 Å². The molecule has 5 atom stereocenters. The second kappa shape index (κ2) is 3.87. The second-order valence-electron chi connectivity index (χ2n) is 4.27. The van der Waals surface area contributed by atoms with Crippen molar-refractivity contribution in [1.29, 1.82) is 0 Å².